The van der Waals surface area contributed by atoms with Gasteiger partial charge < -0.3 is 15.4 Å². The van der Waals surface area contributed by atoms with Crippen LogP contribution in [0.25, 0.3) is 0 Å². The lowest BCUT2D eigenvalue weighted by Crippen LogP contribution is -2.34. The minimum Gasteiger partial charge on any atom is -0.444 e. The number of hydrogen-bond donors (Lipinski definition) is 2. The van der Waals surface area contributed by atoms with Crippen molar-refractivity contribution in [2.45, 2.75) is 26.4 Å². The first-order chi connectivity index (χ1) is 10.2. The first-order valence-electron chi connectivity index (χ1n) is 6.62. The van der Waals surface area contributed by atoms with Crippen LogP contribution in [-0.4, -0.2) is 29.7 Å². The number of carbonyl (C=O) groups excluding carboxylic acids is 1. The topological polar surface area (TPSA) is 117 Å². The molecule has 0 aliphatic carbocycles. The molecule has 0 saturated carbocycles. The molecule has 0 fully saturated rings. The molecular formula is C14H18N4O4. The summed E-state index contributed by atoms with van der Waals surface area (Å²) in [5.41, 5.74) is -0.322. The molecule has 0 radical (unpaired) electrons. The first kappa shape index (κ1) is 17.2. The lowest BCUT2D eigenvalue weighted by molar-refractivity contribution is -0.385. The Morgan fingerprint density at radius 2 is 2.09 bits per heavy atom. The average Bonchev–Trinajstić information content (AvgIpc) is 2.41. The molecule has 2 N–H and O–H groups in total. The number of alkyl carbamates (subject to hydrolysis) is 1. The van der Waals surface area contributed by atoms with Crippen LogP contribution < -0.4 is 10.6 Å². The van der Waals surface area contributed by atoms with Crippen molar-refractivity contribution in [1.82, 2.24) is 5.32 Å². The Kier molecular flexibility index (Phi) is 5.69. The summed E-state index contributed by atoms with van der Waals surface area (Å²) in [6.07, 6.45) is -0.528. The number of rotatable bonds is 5. The number of nitrogens with zero attached hydrogens (tertiary/aromatic N) is 2. The number of hydrogen-bond acceptors (Lipinski definition) is 6. The van der Waals surface area contributed by atoms with Crippen molar-refractivity contribution in [3.05, 3.63) is 33.9 Å². The van der Waals surface area contributed by atoms with Gasteiger partial charge in [0, 0.05) is 24.8 Å². The fraction of sp³-hybridized carbons (Fsp3) is 0.429. The number of nitro groups is 1. The Hall–Kier alpha value is -2.82. The van der Waals surface area contributed by atoms with Gasteiger partial charge in [-0.15, -0.1) is 0 Å². The number of anilines is 1. The molecule has 0 aliphatic heterocycles. The van der Waals surface area contributed by atoms with E-state index in [2.05, 4.69) is 10.6 Å². The zero-order valence-corrected chi connectivity index (χ0v) is 12.7. The molecule has 1 aromatic carbocycles. The van der Waals surface area contributed by atoms with Gasteiger partial charge in [0.2, 0.25) is 0 Å². The van der Waals surface area contributed by atoms with Gasteiger partial charge in [0.25, 0.3) is 5.69 Å². The summed E-state index contributed by atoms with van der Waals surface area (Å²) in [4.78, 5) is 21.6. The third kappa shape index (κ3) is 5.66. The summed E-state index contributed by atoms with van der Waals surface area (Å²) in [5, 5.41) is 25.1. The van der Waals surface area contributed by atoms with Gasteiger partial charge in [0.05, 0.1) is 4.92 Å². The van der Waals surface area contributed by atoms with Crippen molar-refractivity contribution in [3.8, 4) is 6.07 Å². The van der Waals surface area contributed by atoms with Crippen LogP contribution in [0.1, 0.15) is 26.3 Å². The van der Waals surface area contributed by atoms with Crippen LogP contribution in [0.4, 0.5) is 16.2 Å². The third-order valence-electron chi connectivity index (χ3n) is 2.44. The van der Waals surface area contributed by atoms with Crippen molar-refractivity contribution >= 4 is 17.5 Å². The van der Waals surface area contributed by atoms with Crippen LogP contribution in [-0.2, 0) is 4.74 Å². The predicted molar refractivity (Wildman–Crippen MR) is 80.5 cm³/mol. The van der Waals surface area contributed by atoms with E-state index in [0.29, 0.717) is 18.8 Å². The van der Waals surface area contributed by atoms with Crippen LogP contribution in [0.2, 0.25) is 0 Å². The number of carbonyl (C=O) groups is 1. The number of amides is 1. The monoisotopic (exact) mass is 306 g/mol. The highest BCUT2D eigenvalue weighted by atomic mass is 16.6. The maximum Gasteiger partial charge on any atom is 0.407 e. The molecule has 1 rings (SSSR count). The second-order valence-corrected chi connectivity index (χ2v) is 5.46. The molecule has 0 aliphatic rings. The van der Waals surface area contributed by atoms with Crippen LogP contribution in [0.5, 0.6) is 0 Å². The van der Waals surface area contributed by atoms with Gasteiger partial charge in [-0.3, -0.25) is 10.1 Å². The van der Waals surface area contributed by atoms with E-state index >= 15 is 0 Å². The van der Waals surface area contributed by atoms with E-state index in [1.165, 1.54) is 12.1 Å². The molecule has 8 nitrogen and oxygen atoms in total. The number of benzene rings is 1. The highest BCUT2D eigenvalue weighted by Gasteiger charge is 2.16. The fourth-order valence-corrected chi connectivity index (χ4v) is 1.57. The van der Waals surface area contributed by atoms with Crippen molar-refractivity contribution in [2.75, 3.05) is 18.4 Å². The molecule has 118 valence electrons. The van der Waals surface area contributed by atoms with E-state index in [0.717, 1.165) is 0 Å². The van der Waals surface area contributed by atoms with E-state index < -0.39 is 16.6 Å². The molecule has 0 saturated heterocycles. The number of nitriles is 1. The lowest BCUT2D eigenvalue weighted by atomic mass is 10.2. The van der Waals surface area contributed by atoms with Crippen LogP contribution in [0.3, 0.4) is 0 Å². The minimum absolute atomic E-state index is 0.00225. The first-order valence-corrected chi connectivity index (χ1v) is 6.62. The Bertz CT molecular complexity index is 602. The fourth-order valence-electron chi connectivity index (χ4n) is 1.57. The molecule has 0 heterocycles. The lowest BCUT2D eigenvalue weighted by Gasteiger charge is -2.19. The molecule has 1 amide bonds. The average molecular weight is 306 g/mol. The zero-order valence-electron chi connectivity index (χ0n) is 12.7. The van der Waals surface area contributed by atoms with Gasteiger partial charge in [-0.25, -0.2) is 4.79 Å². The second kappa shape index (κ2) is 7.26. The van der Waals surface area contributed by atoms with E-state index in [4.69, 9.17) is 10.00 Å². The molecule has 0 unspecified atom stereocenters. The van der Waals surface area contributed by atoms with Gasteiger partial charge in [0.1, 0.15) is 17.2 Å². The van der Waals surface area contributed by atoms with E-state index in [-0.39, 0.29) is 11.3 Å². The number of ether oxygens (including phenoxy) is 1. The molecule has 0 aromatic heterocycles. The molecule has 22 heavy (non-hydrogen) atoms. The highest BCUT2D eigenvalue weighted by molar-refractivity contribution is 5.67. The predicted octanol–water partition coefficient (Wildman–Crippen LogP) is 2.40. The van der Waals surface area contributed by atoms with E-state index in [9.17, 15) is 14.9 Å². The van der Waals surface area contributed by atoms with E-state index in [1.807, 2.05) is 0 Å². The van der Waals surface area contributed by atoms with Crippen LogP contribution >= 0.6 is 0 Å². The largest absolute Gasteiger partial charge is 0.444 e. The number of nitrogens with one attached hydrogen (secondary N) is 2. The number of nitro benzene ring substituents is 1. The SMILES string of the molecule is CC(C)(C)OC(=O)NCCNc1ccc(C#N)c([N+](=O)[O-])c1. The molecule has 8 heteroatoms. The quantitative estimate of drug-likeness (QED) is 0.490. The van der Waals surface area contributed by atoms with Gasteiger partial charge in [-0.1, -0.05) is 0 Å². The molecule has 1 aromatic rings. The summed E-state index contributed by atoms with van der Waals surface area (Å²) < 4.78 is 5.07. The Morgan fingerprint density at radius 1 is 1.41 bits per heavy atom. The van der Waals surface area contributed by atoms with Crippen LogP contribution in [0, 0.1) is 21.4 Å². The maximum absolute atomic E-state index is 11.4. The molecule has 0 bridgehead atoms. The zero-order chi connectivity index (χ0) is 16.8. The third-order valence-corrected chi connectivity index (χ3v) is 2.44. The van der Waals surface area contributed by atoms with Gasteiger partial charge in [-0.2, -0.15) is 5.26 Å². The van der Waals surface area contributed by atoms with Crippen molar-refractivity contribution in [1.29, 1.82) is 5.26 Å². The van der Waals surface area contributed by atoms with Gasteiger partial charge in [0.15, 0.2) is 0 Å². The molecular weight excluding hydrogens is 288 g/mol. The Labute approximate surface area is 128 Å². The summed E-state index contributed by atoms with van der Waals surface area (Å²) in [7, 11) is 0. The van der Waals surface area contributed by atoms with Crippen molar-refractivity contribution in [2.24, 2.45) is 0 Å². The highest BCUT2D eigenvalue weighted by Crippen LogP contribution is 2.22. The Morgan fingerprint density at radius 3 is 2.64 bits per heavy atom. The summed E-state index contributed by atoms with van der Waals surface area (Å²) in [6, 6.07) is 5.99. The normalized spacial score (nSPS) is 10.5. The molecule has 0 spiro atoms. The smallest absolute Gasteiger partial charge is 0.407 e. The van der Waals surface area contributed by atoms with Crippen molar-refractivity contribution in [3.63, 3.8) is 0 Å². The standard InChI is InChI=1S/C14H18N4O4/c1-14(2,3)22-13(19)17-7-6-16-11-5-4-10(9-15)12(8-11)18(20)21/h4-5,8,16H,6-7H2,1-3H3,(H,17,19). The summed E-state index contributed by atoms with van der Waals surface area (Å²) in [5.74, 6) is 0. The summed E-state index contributed by atoms with van der Waals surface area (Å²) >= 11 is 0. The van der Waals surface area contributed by atoms with Crippen LogP contribution in [0.15, 0.2) is 18.2 Å². The summed E-state index contributed by atoms with van der Waals surface area (Å²) in [6.45, 7) is 5.95. The van der Waals surface area contributed by atoms with Gasteiger partial charge >= 0.3 is 6.09 Å². The molecule has 0 atom stereocenters. The minimum atomic E-state index is -0.608. The van der Waals surface area contributed by atoms with Crippen molar-refractivity contribution < 1.29 is 14.5 Å². The maximum atomic E-state index is 11.4. The van der Waals surface area contributed by atoms with E-state index in [1.54, 1.807) is 32.9 Å². The van der Waals surface area contributed by atoms with Gasteiger partial charge in [-0.05, 0) is 32.9 Å². The Balaban J connectivity index is 2.49. The second-order valence-electron chi connectivity index (χ2n) is 5.46.